The third-order valence-electron chi connectivity index (χ3n) is 3.54. The van der Waals surface area contributed by atoms with Gasteiger partial charge in [-0.2, -0.15) is 9.67 Å². The minimum atomic E-state index is -0.450. The monoisotopic (exact) mass is 371 g/mol. The van der Waals surface area contributed by atoms with Gasteiger partial charge in [0.15, 0.2) is 16.3 Å². The summed E-state index contributed by atoms with van der Waals surface area (Å²) in [5.41, 5.74) is 6.38. The number of imidazole rings is 1. The number of aliphatic hydroxyl groups excluding tert-OH is 1. The molecule has 1 aromatic carbocycles. The van der Waals surface area contributed by atoms with Crippen molar-refractivity contribution < 1.29 is 5.11 Å². The van der Waals surface area contributed by atoms with Gasteiger partial charge in [-0.05, 0) is 34.3 Å². The minimum Gasteiger partial charge on any atom is -0.395 e. The molecule has 0 spiro atoms. The summed E-state index contributed by atoms with van der Waals surface area (Å²) in [4.78, 5) is 23.0. The largest absolute Gasteiger partial charge is 0.395 e. The Labute approximate surface area is 149 Å². The van der Waals surface area contributed by atoms with Crippen LogP contribution in [0.2, 0.25) is 0 Å². The number of nitrogens with one attached hydrogen (secondary N) is 1. The van der Waals surface area contributed by atoms with Crippen molar-refractivity contribution in [3.63, 3.8) is 0 Å². The smallest absolute Gasteiger partial charge is 0.280 e. The Balaban J connectivity index is 1.82. The number of nitrogens with zero attached hydrogens (tertiary/aromatic N) is 7. The maximum absolute atomic E-state index is 12.1. The summed E-state index contributed by atoms with van der Waals surface area (Å²) in [6, 6.07) is 9.37. The fraction of sp³-hybridized carbons (Fsp3) is 0.143. The van der Waals surface area contributed by atoms with E-state index in [1.807, 2.05) is 30.3 Å². The molecule has 0 bridgehead atoms. The number of benzene rings is 1. The van der Waals surface area contributed by atoms with Crippen molar-refractivity contribution >= 4 is 28.9 Å². The van der Waals surface area contributed by atoms with E-state index in [2.05, 4.69) is 30.5 Å². The molecule has 0 aliphatic rings. The summed E-state index contributed by atoms with van der Waals surface area (Å²) in [5, 5.41) is 22.0. The number of tetrazole rings is 1. The van der Waals surface area contributed by atoms with Crippen LogP contribution in [0.1, 0.15) is 0 Å². The molecule has 12 heteroatoms. The first-order valence-electron chi connectivity index (χ1n) is 7.56. The summed E-state index contributed by atoms with van der Waals surface area (Å²) in [5.74, 6) is -0.0211. The lowest BCUT2D eigenvalue weighted by molar-refractivity contribution is 0.273. The molecule has 0 saturated carbocycles. The maximum Gasteiger partial charge on any atom is 0.280 e. The number of nitrogen functional groups attached to an aromatic ring is 1. The molecule has 3 heterocycles. The zero-order valence-electron chi connectivity index (χ0n) is 13.3. The van der Waals surface area contributed by atoms with Gasteiger partial charge in [0.25, 0.3) is 5.56 Å². The average molecular weight is 371 g/mol. The van der Waals surface area contributed by atoms with Gasteiger partial charge in [0.2, 0.25) is 11.1 Å². The Morgan fingerprint density at radius 1 is 1.19 bits per heavy atom. The van der Waals surface area contributed by atoms with Gasteiger partial charge in [-0.25, -0.2) is 4.98 Å². The quantitative estimate of drug-likeness (QED) is 0.433. The van der Waals surface area contributed by atoms with Crippen LogP contribution in [-0.4, -0.2) is 51.4 Å². The fourth-order valence-electron chi connectivity index (χ4n) is 2.44. The van der Waals surface area contributed by atoms with Crippen LogP contribution in [0.15, 0.2) is 45.4 Å². The minimum absolute atomic E-state index is 0.0211. The van der Waals surface area contributed by atoms with Gasteiger partial charge in [0.1, 0.15) is 0 Å². The topological polar surface area (TPSA) is 153 Å². The molecule has 4 rings (SSSR count). The molecule has 26 heavy (non-hydrogen) atoms. The van der Waals surface area contributed by atoms with E-state index < -0.39 is 5.56 Å². The molecule has 4 aromatic rings. The highest BCUT2D eigenvalue weighted by Crippen LogP contribution is 2.28. The molecule has 0 amide bonds. The van der Waals surface area contributed by atoms with Gasteiger partial charge in [-0.15, -0.1) is 5.10 Å². The molecule has 3 aromatic heterocycles. The van der Waals surface area contributed by atoms with Gasteiger partial charge >= 0.3 is 0 Å². The Morgan fingerprint density at radius 2 is 2.00 bits per heavy atom. The number of rotatable bonds is 5. The summed E-state index contributed by atoms with van der Waals surface area (Å²) in [6.45, 7) is 0.0403. The third kappa shape index (κ3) is 2.80. The number of hydrogen-bond donors (Lipinski definition) is 3. The van der Waals surface area contributed by atoms with Crippen molar-refractivity contribution in [2.75, 3.05) is 12.3 Å². The van der Waals surface area contributed by atoms with E-state index in [9.17, 15) is 9.90 Å². The lowest BCUT2D eigenvalue weighted by Gasteiger charge is -2.06. The number of fused-ring (bicyclic) bond motifs is 1. The van der Waals surface area contributed by atoms with Gasteiger partial charge in [0, 0.05) is 6.54 Å². The third-order valence-corrected chi connectivity index (χ3v) is 4.47. The highest BCUT2D eigenvalue weighted by molar-refractivity contribution is 7.99. The van der Waals surface area contributed by atoms with Gasteiger partial charge in [-0.1, -0.05) is 18.2 Å². The lowest BCUT2D eigenvalue weighted by Crippen LogP contribution is -2.12. The van der Waals surface area contributed by atoms with E-state index in [4.69, 9.17) is 5.73 Å². The summed E-state index contributed by atoms with van der Waals surface area (Å²) < 4.78 is 3.16. The van der Waals surface area contributed by atoms with Crippen LogP contribution in [0.3, 0.4) is 0 Å². The molecular weight excluding hydrogens is 358 g/mol. The van der Waals surface area contributed by atoms with Crippen LogP contribution in [-0.2, 0) is 6.54 Å². The maximum atomic E-state index is 12.1. The second-order valence-corrected chi connectivity index (χ2v) is 6.14. The number of nitrogens with two attached hydrogens (primary N) is 1. The van der Waals surface area contributed by atoms with Crippen LogP contribution in [0.5, 0.6) is 0 Å². The number of hydrogen-bond acceptors (Lipinski definition) is 9. The predicted octanol–water partition coefficient (Wildman–Crippen LogP) is -0.179. The van der Waals surface area contributed by atoms with E-state index in [1.54, 1.807) is 9.25 Å². The Hall–Kier alpha value is -3.25. The first kappa shape index (κ1) is 16.2. The molecule has 11 nitrogen and oxygen atoms in total. The molecule has 132 valence electrons. The molecular formula is C14H13N9O2S. The Bertz CT molecular complexity index is 1120. The van der Waals surface area contributed by atoms with E-state index >= 15 is 0 Å². The predicted molar refractivity (Wildman–Crippen MR) is 92.9 cm³/mol. The number of para-hydroxylation sites is 1. The molecule has 0 aliphatic heterocycles. The summed E-state index contributed by atoms with van der Waals surface area (Å²) in [6.07, 6.45) is 0. The second-order valence-electron chi connectivity index (χ2n) is 5.20. The highest BCUT2D eigenvalue weighted by Gasteiger charge is 2.19. The molecule has 4 N–H and O–H groups in total. The van der Waals surface area contributed by atoms with E-state index in [1.165, 1.54) is 0 Å². The van der Waals surface area contributed by atoms with E-state index in [-0.39, 0.29) is 24.6 Å². The molecule has 0 radical (unpaired) electrons. The number of aromatic nitrogens is 8. The SMILES string of the molecule is Nc1nc2c(nc(Sc3nnnn3-c3ccccc3)n2CCO)c(=O)[nH]1. The van der Waals surface area contributed by atoms with Crippen molar-refractivity contribution in [1.29, 1.82) is 0 Å². The van der Waals surface area contributed by atoms with Crippen LogP contribution < -0.4 is 11.3 Å². The highest BCUT2D eigenvalue weighted by atomic mass is 32.2. The van der Waals surface area contributed by atoms with Gasteiger partial charge in [-0.3, -0.25) is 9.78 Å². The zero-order valence-corrected chi connectivity index (χ0v) is 14.1. The van der Waals surface area contributed by atoms with Crippen molar-refractivity contribution in [2.45, 2.75) is 16.9 Å². The summed E-state index contributed by atoms with van der Waals surface area (Å²) in [7, 11) is 0. The lowest BCUT2D eigenvalue weighted by atomic mass is 10.3. The molecule has 0 saturated heterocycles. The first-order valence-corrected chi connectivity index (χ1v) is 8.37. The molecule has 0 aliphatic carbocycles. The first-order chi connectivity index (χ1) is 12.7. The normalized spacial score (nSPS) is 11.3. The fourth-order valence-corrected chi connectivity index (χ4v) is 3.34. The van der Waals surface area contributed by atoms with Crippen molar-refractivity contribution in [1.82, 2.24) is 39.7 Å². The van der Waals surface area contributed by atoms with Crippen LogP contribution in [0.4, 0.5) is 5.95 Å². The van der Waals surface area contributed by atoms with Crippen molar-refractivity contribution in [3.05, 3.63) is 40.7 Å². The van der Waals surface area contributed by atoms with Crippen LogP contribution >= 0.6 is 11.8 Å². The van der Waals surface area contributed by atoms with Crippen molar-refractivity contribution in [3.8, 4) is 5.69 Å². The van der Waals surface area contributed by atoms with E-state index in [0.717, 1.165) is 17.4 Å². The Kier molecular flexibility index (Phi) is 4.10. The zero-order chi connectivity index (χ0) is 18.1. The number of aromatic amines is 1. The molecule has 0 fully saturated rings. The van der Waals surface area contributed by atoms with Gasteiger partial charge < -0.3 is 15.4 Å². The number of aliphatic hydroxyl groups is 1. The standard InChI is InChI=1S/C14H13N9O2S/c15-12-17-10-9(11(25)18-12)16-13(22(10)6-7-24)26-14-19-20-21-23(14)8-4-2-1-3-5-8/h1-5,24H,6-7H2,(H3,15,17,18,25). The number of H-pyrrole nitrogens is 1. The summed E-state index contributed by atoms with van der Waals surface area (Å²) >= 11 is 1.16. The average Bonchev–Trinajstić information content (AvgIpc) is 3.22. The second kappa shape index (κ2) is 6.57. The molecule has 0 unspecified atom stereocenters. The van der Waals surface area contributed by atoms with Crippen LogP contribution in [0.25, 0.3) is 16.9 Å². The van der Waals surface area contributed by atoms with E-state index in [0.29, 0.717) is 16.0 Å². The van der Waals surface area contributed by atoms with Crippen LogP contribution in [0, 0.1) is 0 Å². The molecule has 0 atom stereocenters. The Morgan fingerprint density at radius 3 is 2.77 bits per heavy atom. The van der Waals surface area contributed by atoms with Gasteiger partial charge in [0.05, 0.1) is 12.3 Å². The number of anilines is 1. The van der Waals surface area contributed by atoms with Crippen molar-refractivity contribution in [2.24, 2.45) is 0 Å².